The Morgan fingerprint density at radius 3 is 2.72 bits per heavy atom. The van der Waals surface area contributed by atoms with Gasteiger partial charge in [0, 0.05) is 25.4 Å². The first kappa shape index (κ1) is 17.2. The maximum atomic E-state index is 12.9. The zero-order valence-corrected chi connectivity index (χ0v) is 14.7. The van der Waals surface area contributed by atoms with E-state index in [1.54, 1.807) is 42.3 Å². The minimum Gasteiger partial charge on any atom is -0.346 e. The summed E-state index contributed by atoms with van der Waals surface area (Å²) in [7, 11) is 1.81. The van der Waals surface area contributed by atoms with Crippen LogP contribution in [-0.2, 0) is 13.6 Å². The van der Waals surface area contributed by atoms with Crippen molar-refractivity contribution >= 4 is 40.0 Å². The molecule has 1 aromatic carbocycles. The van der Waals surface area contributed by atoms with Gasteiger partial charge in [0.05, 0.1) is 11.2 Å². The zero-order chi connectivity index (χ0) is 17.8. The lowest BCUT2D eigenvalue weighted by Crippen LogP contribution is -2.22. The molecule has 9 heteroatoms. The largest absolute Gasteiger partial charge is 0.346 e. The van der Waals surface area contributed by atoms with Gasteiger partial charge in [-0.25, -0.2) is 4.39 Å². The van der Waals surface area contributed by atoms with Crippen molar-refractivity contribution in [2.45, 2.75) is 6.54 Å². The highest BCUT2D eigenvalue weighted by atomic mass is 35.5. The molecule has 2 aromatic heterocycles. The molecular formula is C16H13ClFN5OS. The van der Waals surface area contributed by atoms with Gasteiger partial charge in [-0.3, -0.25) is 9.48 Å². The number of hydrogen-bond acceptors (Lipinski definition) is 5. The van der Waals surface area contributed by atoms with Crippen LogP contribution in [0.3, 0.4) is 0 Å². The third kappa shape index (κ3) is 4.49. The highest BCUT2D eigenvalue weighted by molar-refractivity contribution is 7.15. The summed E-state index contributed by atoms with van der Waals surface area (Å²) in [5.74, 6) is -0.683. The van der Waals surface area contributed by atoms with Crippen LogP contribution in [0.1, 0.15) is 25.9 Å². The fourth-order valence-corrected chi connectivity index (χ4v) is 2.94. The van der Waals surface area contributed by atoms with Crippen LogP contribution in [0, 0.1) is 5.82 Å². The molecule has 0 spiro atoms. The summed E-state index contributed by atoms with van der Waals surface area (Å²) in [6.07, 6.45) is 5.18. The van der Waals surface area contributed by atoms with Crippen LogP contribution in [0.15, 0.2) is 36.7 Å². The summed E-state index contributed by atoms with van der Waals surface area (Å²) < 4.78 is 14.5. The molecule has 0 bridgehead atoms. The second-order valence-electron chi connectivity index (χ2n) is 5.16. The Morgan fingerprint density at radius 2 is 2.04 bits per heavy atom. The Hall–Kier alpha value is -2.58. The normalized spacial score (nSPS) is 11.6. The van der Waals surface area contributed by atoms with Gasteiger partial charge in [-0.1, -0.05) is 35.1 Å². The van der Waals surface area contributed by atoms with E-state index in [1.807, 2.05) is 0 Å². The molecule has 128 valence electrons. The van der Waals surface area contributed by atoms with E-state index in [9.17, 15) is 9.18 Å². The number of aryl methyl sites for hydroxylation is 1. The number of nitrogens with zero attached hydrogens (tertiary/aromatic N) is 4. The zero-order valence-electron chi connectivity index (χ0n) is 13.1. The molecule has 2 heterocycles. The third-order valence-electron chi connectivity index (χ3n) is 3.21. The maximum absolute atomic E-state index is 12.9. The lowest BCUT2D eigenvalue weighted by molar-refractivity contribution is 0.0950. The Kier molecular flexibility index (Phi) is 5.20. The van der Waals surface area contributed by atoms with Gasteiger partial charge in [0.1, 0.15) is 5.82 Å². The molecule has 6 nitrogen and oxygen atoms in total. The van der Waals surface area contributed by atoms with E-state index >= 15 is 0 Å². The number of aromatic nitrogens is 4. The van der Waals surface area contributed by atoms with E-state index in [-0.39, 0.29) is 23.3 Å². The van der Waals surface area contributed by atoms with Crippen LogP contribution in [0.2, 0.25) is 0 Å². The summed E-state index contributed by atoms with van der Waals surface area (Å²) in [6.45, 7) is 0.271. The van der Waals surface area contributed by atoms with Crippen molar-refractivity contribution < 1.29 is 9.18 Å². The van der Waals surface area contributed by atoms with Gasteiger partial charge in [0.25, 0.3) is 5.91 Å². The third-order valence-corrected chi connectivity index (χ3v) is 4.56. The molecule has 1 N–H and O–H groups in total. The minimum atomic E-state index is -0.362. The van der Waals surface area contributed by atoms with Crippen LogP contribution >= 0.6 is 22.9 Å². The quantitative estimate of drug-likeness (QED) is 0.741. The molecule has 25 heavy (non-hydrogen) atoms. The number of halogens is 2. The molecule has 3 aromatic rings. The summed E-state index contributed by atoms with van der Waals surface area (Å²) in [5.41, 5.74) is 1.61. The number of nitrogens with one attached hydrogen (secondary N) is 1. The number of amides is 1. The topological polar surface area (TPSA) is 72.7 Å². The number of carbonyl (C=O) groups is 1. The van der Waals surface area contributed by atoms with Crippen molar-refractivity contribution in [2.75, 3.05) is 0 Å². The molecule has 0 radical (unpaired) electrons. The van der Waals surface area contributed by atoms with E-state index in [0.717, 1.165) is 22.5 Å². The summed E-state index contributed by atoms with van der Waals surface area (Å²) in [6, 6.07) is 5.89. The monoisotopic (exact) mass is 377 g/mol. The molecule has 3 rings (SSSR count). The molecule has 0 aliphatic heterocycles. The highest BCUT2D eigenvalue weighted by Gasteiger charge is 2.14. The van der Waals surface area contributed by atoms with E-state index < -0.39 is 0 Å². The smallest absolute Gasteiger partial charge is 0.282 e. The summed E-state index contributed by atoms with van der Waals surface area (Å²) >= 11 is 7.31. The molecule has 0 aliphatic rings. The molecule has 0 saturated heterocycles. The maximum Gasteiger partial charge on any atom is 0.282 e. The highest BCUT2D eigenvalue weighted by Crippen LogP contribution is 2.25. The second-order valence-corrected chi connectivity index (χ2v) is 6.55. The van der Waals surface area contributed by atoms with E-state index in [4.69, 9.17) is 11.6 Å². The Bertz CT molecular complexity index is 919. The second kappa shape index (κ2) is 7.54. The predicted octanol–water partition coefficient (Wildman–Crippen LogP) is 3.08. The van der Waals surface area contributed by atoms with Crippen molar-refractivity contribution in [2.24, 2.45) is 7.05 Å². The summed E-state index contributed by atoms with van der Waals surface area (Å²) in [4.78, 5) is 12.1. The van der Waals surface area contributed by atoms with Crippen molar-refractivity contribution in [3.8, 4) is 0 Å². The first-order valence-electron chi connectivity index (χ1n) is 7.23. The van der Waals surface area contributed by atoms with Crippen molar-refractivity contribution in [3.05, 3.63) is 63.6 Å². The SMILES string of the molecule is Cn1cc(/C=C(\Cl)c2nnc(C(=O)NCc3ccc(F)cc3)s2)cn1. The van der Waals surface area contributed by atoms with Gasteiger partial charge in [-0.2, -0.15) is 5.10 Å². The van der Waals surface area contributed by atoms with Gasteiger partial charge >= 0.3 is 0 Å². The van der Waals surface area contributed by atoms with Crippen LogP contribution < -0.4 is 5.32 Å². The number of benzene rings is 1. The Morgan fingerprint density at radius 1 is 1.32 bits per heavy atom. The predicted molar refractivity (Wildman–Crippen MR) is 94.4 cm³/mol. The van der Waals surface area contributed by atoms with Crippen molar-refractivity contribution in [3.63, 3.8) is 0 Å². The number of hydrogen-bond donors (Lipinski definition) is 1. The Labute approximate surface area is 152 Å². The first-order valence-corrected chi connectivity index (χ1v) is 8.43. The summed E-state index contributed by atoms with van der Waals surface area (Å²) in [5, 5.41) is 15.6. The molecule has 0 fully saturated rings. The lowest BCUT2D eigenvalue weighted by Gasteiger charge is -2.02. The van der Waals surface area contributed by atoms with E-state index in [0.29, 0.717) is 10.0 Å². The first-order chi connectivity index (χ1) is 12.0. The fourth-order valence-electron chi connectivity index (χ4n) is 1.99. The number of rotatable bonds is 5. The van der Waals surface area contributed by atoms with Crippen LogP contribution in [0.25, 0.3) is 11.1 Å². The number of carbonyl (C=O) groups excluding carboxylic acids is 1. The molecule has 0 atom stereocenters. The molecule has 1 amide bonds. The van der Waals surface area contributed by atoms with Crippen molar-refractivity contribution in [1.82, 2.24) is 25.3 Å². The average Bonchev–Trinajstić information content (AvgIpc) is 3.23. The van der Waals surface area contributed by atoms with Gasteiger partial charge in [-0.15, -0.1) is 10.2 Å². The van der Waals surface area contributed by atoms with Crippen LogP contribution in [0.5, 0.6) is 0 Å². The minimum absolute atomic E-state index is 0.204. The molecular weight excluding hydrogens is 365 g/mol. The van der Waals surface area contributed by atoms with Gasteiger partial charge in [-0.05, 0) is 23.8 Å². The van der Waals surface area contributed by atoms with Crippen LogP contribution in [-0.4, -0.2) is 25.9 Å². The van der Waals surface area contributed by atoms with E-state index in [2.05, 4.69) is 20.6 Å². The van der Waals surface area contributed by atoms with Gasteiger partial charge in [0.15, 0.2) is 5.01 Å². The van der Waals surface area contributed by atoms with Gasteiger partial charge in [0.2, 0.25) is 5.01 Å². The Balaban J connectivity index is 1.64. The fraction of sp³-hybridized carbons (Fsp3) is 0.125. The molecule has 0 unspecified atom stereocenters. The average molecular weight is 378 g/mol. The molecule has 0 aliphatic carbocycles. The van der Waals surface area contributed by atoms with Crippen LogP contribution in [0.4, 0.5) is 4.39 Å². The van der Waals surface area contributed by atoms with Gasteiger partial charge < -0.3 is 5.32 Å². The van der Waals surface area contributed by atoms with Crippen molar-refractivity contribution in [1.29, 1.82) is 0 Å². The van der Waals surface area contributed by atoms with E-state index in [1.165, 1.54) is 12.1 Å². The molecule has 0 saturated carbocycles. The lowest BCUT2D eigenvalue weighted by atomic mass is 10.2. The standard InChI is InChI=1S/C16H13ClFN5OS/c1-23-9-11(8-20-23)6-13(17)15-21-22-16(25-15)14(24)19-7-10-2-4-12(18)5-3-10/h2-6,8-9H,7H2,1H3,(H,19,24)/b13-6-.